The molecule has 0 bridgehead atoms. The zero-order valence-corrected chi connectivity index (χ0v) is 19.5. The van der Waals surface area contributed by atoms with Gasteiger partial charge in [-0.25, -0.2) is 0 Å². The molecule has 1 heterocycles. The Balaban J connectivity index is 1.67. The summed E-state index contributed by atoms with van der Waals surface area (Å²) in [6, 6.07) is 10.1. The summed E-state index contributed by atoms with van der Waals surface area (Å²) in [7, 11) is 0. The molecule has 0 unspecified atom stereocenters. The average Bonchev–Trinajstić information content (AvgIpc) is 2.76. The number of halogens is 4. The van der Waals surface area contributed by atoms with E-state index in [4.69, 9.17) is 22.1 Å². The van der Waals surface area contributed by atoms with E-state index in [1.807, 2.05) is 18.7 Å². The first-order chi connectivity index (χ1) is 15.5. The molecule has 33 heavy (non-hydrogen) atoms. The van der Waals surface area contributed by atoms with Crippen molar-refractivity contribution in [1.82, 2.24) is 4.90 Å². The van der Waals surface area contributed by atoms with E-state index in [9.17, 15) is 18.0 Å². The van der Waals surface area contributed by atoms with Gasteiger partial charge in [0.25, 0.3) is 5.91 Å². The van der Waals surface area contributed by atoms with E-state index in [1.54, 1.807) is 29.2 Å². The molecule has 1 atom stereocenters. The summed E-state index contributed by atoms with van der Waals surface area (Å²) in [4.78, 5) is 16.2. The first-order valence-electron chi connectivity index (χ1n) is 10.9. The summed E-state index contributed by atoms with van der Waals surface area (Å²) in [5.74, 6) is 0.609. The van der Waals surface area contributed by atoms with Gasteiger partial charge in [-0.2, -0.15) is 13.2 Å². The van der Waals surface area contributed by atoms with Crippen LogP contribution in [0.25, 0.3) is 0 Å². The zero-order chi connectivity index (χ0) is 24.2. The maximum Gasteiger partial charge on any atom is 0.416 e. The molecule has 1 amide bonds. The standard InChI is InChI=1S/C24H29ClF3N3O2/c1-16(2)12-21(29)20-13-17(24(26,27)28)6-7-22(20)30-8-10-31(11-9-30)23(32)15-33-19-5-3-4-18(25)14-19/h3-7,13-14,16,21H,8-12,15,29H2,1-2H3/t21-/m0/s1. The number of nitrogens with two attached hydrogens (primary N) is 1. The van der Waals surface area contributed by atoms with Gasteiger partial charge in [0.05, 0.1) is 5.56 Å². The van der Waals surface area contributed by atoms with E-state index in [0.717, 1.165) is 6.07 Å². The Morgan fingerprint density at radius 3 is 2.42 bits per heavy atom. The predicted molar refractivity (Wildman–Crippen MR) is 124 cm³/mol. The summed E-state index contributed by atoms with van der Waals surface area (Å²) < 4.78 is 45.5. The van der Waals surface area contributed by atoms with Gasteiger partial charge in [0.15, 0.2) is 6.61 Å². The third-order valence-electron chi connectivity index (χ3n) is 5.61. The fourth-order valence-corrected chi connectivity index (χ4v) is 4.12. The van der Waals surface area contributed by atoms with Gasteiger partial charge < -0.3 is 20.3 Å². The van der Waals surface area contributed by atoms with Gasteiger partial charge in [-0.05, 0) is 54.3 Å². The highest BCUT2D eigenvalue weighted by molar-refractivity contribution is 6.30. The van der Waals surface area contributed by atoms with E-state index in [0.29, 0.717) is 54.6 Å². The van der Waals surface area contributed by atoms with Crippen LogP contribution < -0.4 is 15.4 Å². The van der Waals surface area contributed by atoms with Crippen LogP contribution in [0.4, 0.5) is 18.9 Å². The van der Waals surface area contributed by atoms with E-state index in [1.165, 1.54) is 12.1 Å². The first kappa shape index (κ1) is 25.2. The van der Waals surface area contributed by atoms with Crippen LogP contribution in [-0.2, 0) is 11.0 Å². The number of carbonyl (C=O) groups is 1. The lowest BCUT2D eigenvalue weighted by Crippen LogP contribution is -2.50. The Kier molecular flexibility index (Phi) is 8.13. The van der Waals surface area contributed by atoms with Crippen LogP contribution in [0.1, 0.15) is 37.4 Å². The number of hydrogen-bond donors (Lipinski definition) is 1. The minimum Gasteiger partial charge on any atom is -0.484 e. The lowest BCUT2D eigenvalue weighted by atomic mass is 9.94. The van der Waals surface area contributed by atoms with Crippen molar-refractivity contribution >= 4 is 23.2 Å². The molecule has 180 valence electrons. The number of nitrogens with zero attached hydrogens (tertiary/aromatic N) is 2. The molecule has 1 aliphatic rings. The second-order valence-electron chi connectivity index (χ2n) is 8.62. The third-order valence-corrected chi connectivity index (χ3v) is 5.85. The maximum atomic E-state index is 13.3. The van der Waals surface area contributed by atoms with Gasteiger partial charge in [-0.1, -0.05) is 31.5 Å². The molecular formula is C24H29ClF3N3O2. The monoisotopic (exact) mass is 483 g/mol. The Morgan fingerprint density at radius 1 is 1.12 bits per heavy atom. The van der Waals surface area contributed by atoms with Gasteiger partial charge in [0.1, 0.15) is 5.75 Å². The van der Waals surface area contributed by atoms with Gasteiger partial charge in [-0.3, -0.25) is 4.79 Å². The van der Waals surface area contributed by atoms with Crippen molar-refractivity contribution in [1.29, 1.82) is 0 Å². The van der Waals surface area contributed by atoms with Crippen LogP contribution >= 0.6 is 11.6 Å². The molecule has 3 rings (SSSR count). The smallest absolute Gasteiger partial charge is 0.416 e. The minimum atomic E-state index is -4.43. The maximum absolute atomic E-state index is 13.3. The second-order valence-corrected chi connectivity index (χ2v) is 9.06. The molecular weight excluding hydrogens is 455 g/mol. The topological polar surface area (TPSA) is 58.8 Å². The largest absolute Gasteiger partial charge is 0.484 e. The number of alkyl halides is 3. The molecule has 1 aliphatic heterocycles. The summed E-state index contributed by atoms with van der Waals surface area (Å²) >= 11 is 5.93. The quantitative estimate of drug-likeness (QED) is 0.593. The SMILES string of the molecule is CC(C)C[C@H](N)c1cc(C(F)(F)F)ccc1N1CCN(C(=O)COc2cccc(Cl)c2)CC1. The molecule has 0 aromatic heterocycles. The van der Waals surface area contributed by atoms with E-state index in [2.05, 4.69) is 0 Å². The second kappa shape index (κ2) is 10.7. The van der Waals surface area contributed by atoms with Crippen LogP contribution in [0.15, 0.2) is 42.5 Å². The number of amides is 1. The van der Waals surface area contributed by atoms with Gasteiger partial charge in [0.2, 0.25) is 0 Å². The summed E-state index contributed by atoms with van der Waals surface area (Å²) in [5.41, 5.74) is 6.79. The van der Waals surface area contributed by atoms with E-state index in [-0.39, 0.29) is 18.4 Å². The Hall–Kier alpha value is -2.45. The number of ether oxygens (including phenoxy) is 1. The molecule has 5 nitrogen and oxygen atoms in total. The fourth-order valence-electron chi connectivity index (χ4n) is 3.94. The summed E-state index contributed by atoms with van der Waals surface area (Å²) in [6.07, 6.45) is -3.85. The van der Waals surface area contributed by atoms with Gasteiger partial charge in [0, 0.05) is 42.9 Å². The summed E-state index contributed by atoms with van der Waals surface area (Å²) in [6.45, 7) is 5.75. The van der Waals surface area contributed by atoms with Crippen molar-refractivity contribution < 1.29 is 22.7 Å². The number of hydrogen-bond acceptors (Lipinski definition) is 4. The average molecular weight is 484 g/mol. The minimum absolute atomic E-state index is 0.106. The molecule has 2 aromatic carbocycles. The number of benzene rings is 2. The lowest BCUT2D eigenvalue weighted by Gasteiger charge is -2.37. The van der Waals surface area contributed by atoms with Crippen molar-refractivity contribution in [2.75, 3.05) is 37.7 Å². The number of piperazine rings is 1. The molecule has 0 spiro atoms. The van der Waals surface area contributed by atoms with Crippen molar-refractivity contribution in [3.63, 3.8) is 0 Å². The highest BCUT2D eigenvalue weighted by atomic mass is 35.5. The number of anilines is 1. The first-order valence-corrected chi connectivity index (χ1v) is 11.3. The molecule has 0 radical (unpaired) electrons. The Bertz CT molecular complexity index is 960. The normalized spacial score (nSPS) is 15.6. The molecule has 0 aliphatic carbocycles. The van der Waals surface area contributed by atoms with Gasteiger partial charge >= 0.3 is 6.18 Å². The number of carbonyl (C=O) groups excluding carboxylic acids is 1. The van der Waals surface area contributed by atoms with E-state index >= 15 is 0 Å². The number of rotatable bonds is 7. The molecule has 2 aromatic rings. The zero-order valence-electron chi connectivity index (χ0n) is 18.7. The molecule has 1 saturated heterocycles. The van der Waals surface area contributed by atoms with Crippen molar-refractivity contribution in [2.45, 2.75) is 32.5 Å². The molecule has 2 N–H and O–H groups in total. The molecule has 1 fully saturated rings. The highest BCUT2D eigenvalue weighted by Gasteiger charge is 2.33. The summed E-state index contributed by atoms with van der Waals surface area (Å²) in [5, 5.41) is 0.525. The van der Waals surface area contributed by atoms with Crippen LogP contribution in [0.2, 0.25) is 5.02 Å². The Labute approximate surface area is 197 Å². The van der Waals surface area contributed by atoms with E-state index < -0.39 is 17.8 Å². The lowest BCUT2D eigenvalue weighted by molar-refractivity contribution is -0.137. The predicted octanol–water partition coefficient (Wildman–Crippen LogP) is 5.13. The van der Waals surface area contributed by atoms with Crippen LogP contribution in [0.5, 0.6) is 5.75 Å². The fraction of sp³-hybridized carbons (Fsp3) is 0.458. The van der Waals surface area contributed by atoms with Crippen LogP contribution in [-0.4, -0.2) is 43.6 Å². The van der Waals surface area contributed by atoms with Crippen LogP contribution in [0.3, 0.4) is 0 Å². The van der Waals surface area contributed by atoms with Gasteiger partial charge in [-0.15, -0.1) is 0 Å². The Morgan fingerprint density at radius 2 is 1.82 bits per heavy atom. The highest BCUT2D eigenvalue weighted by Crippen LogP contribution is 2.36. The van der Waals surface area contributed by atoms with Crippen molar-refractivity contribution in [3.8, 4) is 5.75 Å². The molecule has 0 saturated carbocycles. The van der Waals surface area contributed by atoms with Crippen molar-refractivity contribution in [3.05, 3.63) is 58.6 Å². The van der Waals surface area contributed by atoms with Crippen molar-refractivity contribution in [2.24, 2.45) is 11.7 Å². The molecule has 9 heteroatoms. The third kappa shape index (κ3) is 6.77. The van der Waals surface area contributed by atoms with Crippen LogP contribution in [0, 0.1) is 5.92 Å².